The van der Waals surface area contributed by atoms with Crippen molar-refractivity contribution in [3.8, 4) is 5.75 Å². The Morgan fingerprint density at radius 1 is 1.26 bits per heavy atom. The molecule has 1 N–H and O–H groups in total. The predicted octanol–water partition coefficient (Wildman–Crippen LogP) is 4.15. The minimum atomic E-state index is -4.70. The highest BCUT2D eigenvalue weighted by Crippen LogP contribution is 2.39. The first-order valence-electron chi connectivity index (χ1n) is 8.90. The first-order valence-corrected chi connectivity index (χ1v) is 10.8. The second-order valence-corrected chi connectivity index (χ2v) is 9.06. The zero-order chi connectivity index (χ0) is 23.0. The first-order chi connectivity index (χ1) is 14.4. The molecular formula is C18H17ClF3N3O5S. The SMILES string of the molecule is CN1CC[C@@H](Oc2cc(NS(=O)(=O)c3ccc(Cl)c([N+](=O)[O-])c3)ccc2C(F)(F)F)C1. The van der Waals surface area contributed by atoms with Gasteiger partial charge in [-0.2, -0.15) is 13.2 Å². The Bertz CT molecular complexity index is 1110. The Balaban J connectivity index is 1.93. The van der Waals surface area contributed by atoms with Gasteiger partial charge in [-0.15, -0.1) is 0 Å². The molecule has 1 saturated heterocycles. The molecule has 1 aliphatic rings. The van der Waals surface area contributed by atoms with E-state index in [0.29, 0.717) is 19.5 Å². The monoisotopic (exact) mass is 479 g/mol. The first kappa shape index (κ1) is 23.1. The molecule has 0 bridgehead atoms. The molecule has 1 fully saturated rings. The van der Waals surface area contributed by atoms with Crippen LogP contribution in [0.25, 0.3) is 0 Å². The molecule has 1 aliphatic heterocycles. The molecule has 1 atom stereocenters. The molecule has 0 radical (unpaired) electrons. The molecule has 168 valence electrons. The highest BCUT2D eigenvalue weighted by molar-refractivity contribution is 7.92. The second-order valence-electron chi connectivity index (χ2n) is 6.98. The maximum Gasteiger partial charge on any atom is 0.419 e. The molecule has 13 heteroatoms. The van der Waals surface area contributed by atoms with Gasteiger partial charge in [0.15, 0.2) is 0 Å². The minimum absolute atomic E-state index is 0.188. The topological polar surface area (TPSA) is 102 Å². The van der Waals surface area contributed by atoms with Crippen molar-refractivity contribution in [1.82, 2.24) is 4.90 Å². The Hall–Kier alpha value is -2.57. The van der Waals surface area contributed by atoms with Gasteiger partial charge in [0.25, 0.3) is 15.7 Å². The quantitative estimate of drug-likeness (QED) is 0.493. The summed E-state index contributed by atoms with van der Waals surface area (Å²) in [5, 5.41) is 10.7. The zero-order valence-electron chi connectivity index (χ0n) is 16.0. The molecule has 0 amide bonds. The molecule has 1 heterocycles. The van der Waals surface area contributed by atoms with Gasteiger partial charge in [0.2, 0.25) is 0 Å². The second kappa shape index (κ2) is 8.52. The Labute approximate surface area is 180 Å². The number of sulfonamides is 1. The third kappa shape index (κ3) is 5.38. The molecular weight excluding hydrogens is 463 g/mol. The van der Waals surface area contributed by atoms with Crippen LogP contribution in [0.5, 0.6) is 5.75 Å². The van der Waals surface area contributed by atoms with E-state index in [2.05, 4.69) is 4.72 Å². The number of alkyl halides is 3. The number of likely N-dealkylation sites (N-methyl/N-ethyl adjacent to an activating group) is 1. The number of nitrogens with zero attached hydrogens (tertiary/aromatic N) is 2. The largest absolute Gasteiger partial charge is 0.488 e. The summed E-state index contributed by atoms with van der Waals surface area (Å²) < 4.78 is 73.1. The highest BCUT2D eigenvalue weighted by Gasteiger charge is 2.36. The number of halogens is 4. The molecule has 2 aromatic carbocycles. The molecule has 2 aromatic rings. The average molecular weight is 480 g/mol. The van der Waals surface area contributed by atoms with Crippen molar-refractivity contribution >= 4 is 33.0 Å². The van der Waals surface area contributed by atoms with Crippen molar-refractivity contribution in [1.29, 1.82) is 0 Å². The Morgan fingerprint density at radius 3 is 2.55 bits per heavy atom. The number of hydrogen-bond donors (Lipinski definition) is 1. The summed E-state index contributed by atoms with van der Waals surface area (Å²) in [4.78, 5) is 11.6. The van der Waals surface area contributed by atoms with Crippen LogP contribution >= 0.6 is 11.6 Å². The van der Waals surface area contributed by atoms with Gasteiger partial charge in [0, 0.05) is 25.2 Å². The van der Waals surface area contributed by atoms with Crippen LogP contribution in [0.3, 0.4) is 0 Å². The number of benzene rings is 2. The van der Waals surface area contributed by atoms with E-state index in [0.717, 1.165) is 36.4 Å². The van der Waals surface area contributed by atoms with Crippen molar-refractivity contribution in [2.75, 3.05) is 24.9 Å². The maximum absolute atomic E-state index is 13.4. The van der Waals surface area contributed by atoms with Gasteiger partial charge in [-0.05, 0) is 37.7 Å². The Kier molecular flexibility index (Phi) is 6.35. The van der Waals surface area contributed by atoms with Crippen LogP contribution in [-0.4, -0.2) is 44.5 Å². The lowest BCUT2D eigenvalue weighted by Crippen LogP contribution is -2.23. The molecule has 31 heavy (non-hydrogen) atoms. The highest BCUT2D eigenvalue weighted by atomic mass is 35.5. The standard InChI is InChI=1S/C18H17ClF3N3O5S/c1-24-7-6-12(10-24)30-17-8-11(2-4-14(17)18(20,21)22)23-31(28,29)13-3-5-15(19)16(9-13)25(26)27/h2-5,8-9,12,23H,6-7,10H2,1H3/t12-/m1/s1. The summed E-state index contributed by atoms with van der Waals surface area (Å²) in [5.74, 6) is -0.505. The number of nitro benzene ring substituents is 1. The number of nitro groups is 1. The summed E-state index contributed by atoms with van der Waals surface area (Å²) >= 11 is 5.69. The normalized spacial score (nSPS) is 17.5. The fourth-order valence-corrected chi connectivity index (χ4v) is 4.36. The number of ether oxygens (including phenoxy) is 1. The van der Waals surface area contributed by atoms with Crippen LogP contribution in [0.4, 0.5) is 24.5 Å². The maximum atomic E-state index is 13.4. The lowest BCUT2D eigenvalue weighted by molar-refractivity contribution is -0.384. The van der Waals surface area contributed by atoms with E-state index in [-0.39, 0.29) is 10.7 Å². The molecule has 3 rings (SSSR count). The van der Waals surface area contributed by atoms with Crippen LogP contribution in [0, 0.1) is 10.1 Å². The van der Waals surface area contributed by atoms with E-state index < -0.39 is 49.1 Å². The van der Waals surface area contributed by atoms with Crippen molar-refractivity contribution < 1.29 is 31.2 Å². The molecule has 8 nitrogen and oxygen atoms in total. The lowest BCUT2D eigenvalue weighted by Gasteiger charge is -2.19. The fourth-order valence-electron chi connectivity index (χ4n) is 3.10. The fraction of sp³-hybridized carbons (Fsp3) is 0.333. The van der Waals surface area contributed by atoms with Gasteiger partial charge in [0.05, 0.1) is 21.1 Å². The van der Waals surface area contributed by atoms with Gasteiger partial charge < -0.3 is 9.64 Å². The van der Waals surface area contributed by atoms with E-state index in [4.69, 9.17) is 16.3 Å². The Morgan fingerprint density at radius 2 is 1.97 bits per heavy atom. The van der Waals surface area contributed by atoms with E-state index in [1.54, 1.807) is 0 Å². The molecule has 0 unspecified atom stereocenters. The van der Waals surface area contributed by atoms with E-state index in [1.165, 1.54) is 0 Å². The van der Waals surface area contributed by atoms with Gasteiger partial charge in [-0.1, -0.05) is 11.6 Å². The molecule has 0 spiro atoms. The number of rotatable bonds is 6. The molecule has 0 saturated carbocycles. The van der Waals surface area contributed by atoms with E-state index >= 15 is 0 Å². The summed E-state index contributed by atoms with van der Waals surface area (Å²) in [7, 11) is -2.54. The van der Waals surface area contributed by atoms with Crippen LogP contribution in [0.1, 0.15) is 12.0 Å². The summed E-state index contributed by atoms with van der Waals surface area (Å²) in [6.07, 6.45) is -4.65. The predicted molar refractivity (Wildman–Crippen MR) is 107 cm³/mol. The zero-order valence-corrected chi connectivity index (χ0v) is 17.6. The molecule has 0 aliphatic carbocycles. The third-order valence-corrected chi connectivity index (χ3v) is 6.30. The van der Waals surface area contributed by atoms with Crippen molar-refractivity contribution in [3.63, 3.8) is 0 Å². The van der Waals surface area contributed by atoms with Crippen molar-refractivity contribution in [2.45, 2.75) is 23.6 Å². The van der Waals surface area contributed by atoms with Crippen LogP contribution < -0.4 is 9.46 Å². The van der Waals surface area contributed by atoms with Gasteiger partial charge in [-0.25, -0.2) is 8.42 Å². The van der Waals surface area contributed by atoms with E-state index in [9.17, 15) is 31.7 Å². The van der Waals surface area contributed by atoms with Gasteiger partial charge in [0.1, 0.15) is 16.9 Å². The summed E-state index contributed by atoms with van der Waals surface area (Å²) in [5.41, 5.74) is -1.84. The van der Waals surface area contributed by atoms with E-state index in [1.807, 2.05) is 11.9 Å². The summed E-state index contributed by atoms with van der Waals surface area (Å²) in [6.45, 7) is 1.09. The minimum Gasteiger partial charge on any atom is -0.488 e. The lowest BCUT2D eigenvalue weighted by atomic mass is 10.1. The van der Waals surface area contributed by atoms with Crippen molar-refractivity contribution in [3.05, 3.63) is 57.1 Å². The third-order valence-electron chi connectivity index (χ3n) is 4.61. The summed E-state index contributed by atoms with van der Waals surface area (Å²) in [6, 6.07) is 5.47. The molecule has 0 aromatic heterocycles. The van der Waals surface area contributed by atoms with Crippen LogP contribution in [-0.2, 0) is 16.2 Å². The number of anilines is 1. The van der Waals surface area contributed by atoms with Gasteiger partial charge >= 0.3 is 6.18 Å². The average Bonchev–Trinajstić information content (AvgIpc) is 3.05. The smallest absolute Gasteiger partial charge is 0.419 e. The van der Waals surface area contributed by atoms with Crippen molar-refractivity contribution in [2.24, 2.45) is 0 Å². The number of likely N-dealkylation sites (tertiary alicyclic amines) is 1. The van der Waals surface area contributed by atoms with Crippen LogP contribution in [0.15, 0.2) is 41.3 Å². The van der Waals surface area contributed by atoms with Crippen LogP contribution in [0.2, 0.25) is 5.02 Å². The number of hydrogen-bond acceptors (Lipinski definition) is 6. The van der Waals surface area contributed by atoms with Gasteiger partial charge in [-0.3, -0.25) is 14.8 Å². The number of nitrogens with one attached hydrogen (secondary N) is 1.